The third kappa shape index (κ3) is 8.49. The lowest BCUT2D eigenvalue weighted by molar-refractivity contribution is -0.125. The van der Waals surface area contributed by atoms with Crippen molar-refractivity contribution in [3.8, 4) is 0 Å². The number of ether oxygens (including phenoxy) is 2. The topological polar surface area (TPSA) is 185 Å². The third-order valence-electron chi connectivity index (χ3n) is 10.2. The minimum atomic E-state index is -0.889. The summed E-state index contributed by atoms with van der Waals surface area (Å²) in [7, 11) is 0. The molecule has 288 valence electrons. The van der Waals surface area contributed by atoms with Crippen LogP contribution >= 0.6 is 22.7 Å². The van der Waals surface area contributed by atoms with Gasteiger partial charge in [0.15, 0.2) is 12.1 Å². The van der Waals surface area contributed by atoms with Gasteiger partial charge in [0.05, 0.1) is 12.1 Å². The van der Waals surface area contributed by atoms with E-state index in [1.54, 1.807) is 31.5 Å². The zero-order valence-electron chi connectivity index (χ0n) is 31.5. The largest absolute Gasteiger partial charge is 0.474 e. The molecule has 0 saturated heterocycles. The maximum absolute atomic E-state index is 14.0. The first kappa shape index (κ1) is 39.0. The van der Waals surface area contributed by atoms with E-state index in [1.807, 2.05) is 58.0 Å². The van der Waals surface area contributed by atoms with E-state index in [0.717, 1.165) is 5.56 Å². The van der Waals surface area contributed by atoms with E-state index in [4.69, 9.17) is 19.5 Å². The number of nitrogens with one attached hydrogen (secondary N) is 4. The average molecular weight is 777 g/mol. The Morgan fingerprint density at radius 1 is 0.685 bits per heavy atom. The number of nitrogens with zero attached hydrogens (tertiary/aromatic N) is 4. The highest BCUT2D eigenvalue weighted by atomic mass is 32.1. The molecule has 16 heteroatoms. The van der Waals surface area contributed by atoms with Gasteiger partial charge in [-0.3, -0.25) is 19.2 Å². The van der Waals surface area contributed by atoms with Crippen molar-refractivity contribution in [2.24, 2.45) is 21.8 Å². The number of benzene rings is 1. The van der Waals surface area contributed by atoms with E-state index in [9.17, 15) is 19.2 Å². The van der Waals surface area contributed by atoms with E-state index in [0.29, 0.717) is 29.3 Å². The second-order valence-corrected chi connectivity index (χ2v) is 16.0. The Kier molecular flexibility index (Phi) is 12.1. The lowest BCUT2D eigenvalue weighted by Gasteiger charge is -2.24. The molecule has 54 heavy (non-hydrogen) atoms. The zero-order chi connectivity index (χ0) is 38.7. The molecule has 0 fully saturated rings. The molecule has 2 aromatic heterocycles. The fourth-order valence-corrected chi connectivity index (χ4v) is 8.17. The number of carbonyl (C=O) groups is 4. The number of fused-ring (bicyclic) bond motifs is 6. The van der Waals surface area contributed by atoms with E-state index >= 15 is 0 Å². The molecule has 4 N–H and O–H groups in total. The van der Waals surface area contributed by atoms with Crippen molar-refractivity contribution < 1.29 is 28.7 Å². The molecule has 4 amide bonds. The van der Waals surface area contributed by atoms with Crippen molar-refractivity contribution in [1.82, 2.24) is 31.2 Å². The molecule has 8 bridgehead atoms. The fraction of sp³-hybridized carbons (Fsp3) is 0.526. The Morgan fingerprint density at radius 3 is 1.69 bits per heavy atom. The third-order valence-corrected chi connectivity index (χ3v) is 12.2. The average Bonchev–Trinajstić information content (AvgIpc) is 3.98. The summed E-state index contributed by atoms with van der Waals surface area (Å²) in [5.74, 6) is -1.18. The summed E-state index contributed by atoms with van der Waals surface area (Å²) < 4.78 is 12.3. The van der Waals surface area contributed by atoms with Gasteiger partial charge in [0.1, 0.15) is 45.7 Å². The second-order valence-electron chi connectivity index (χ2n) is 14.3. The monoisotopic (exact) mass is 776 g/mol. The van der Waals surface area contributed by atoms with Crippen LogP contribution in [0.5, 0.6) is 0 Å². The molecule has 14 nitrogen and oxygen atoms in total. The van der Waals surface area contributed by atoms with Crippen LogP contribution in [0.15, 0.2) is 51.1 Å². The second kappa shape index (κ2) is 16.8. The van der Waals surface area contributed by atoms with E-state index in [2.05, 4.69) is 31.2 Å². The van der Waals surface area contributed by atoms with Crippen LogP contribution in [0.25, 0.3) is 0 Å². The Bertz CT molecular complexity index is 1910. The first-order valence-corrected chi connectivity index (χ1v) is 20.3. The van der Waals surface area contributed by atoms with Crippen LogP contribution in [0.4, 0.5) is 0 Å². The van der Waals surface area contributed by atoms with E-state index in [1.165, 1.54) is 22.7 Å². The van der Waals surface area contributed by atoms with Crippen LogP contribution in [0.3, 0.4) is 0 Å². The van der Waals surface area contributed by atoms with Crippen LogP contribution in [0, 0.1) is 11.8 Å². The standard InChI is InChI=1S/C38H48N8O6S2/c1-8-18(3)27-35-45-29(21(6)51-35)33(49)39-20(5)37-41-25(16-53-37)31(47)43-28(19(4)9-2)36-46-30(22(7)52-36)34(50)40-24(15-23-13-11-10-12-14-23)38-42-26(17-54-38)32(48)44-27/h10-14,16-22,24,27-30H,8-9,15H2,1-7H3,(H,39,49)(H,40,50)(H,43,47)(H,44,48)/t18-,19-,20+,21+,22+,24+,27-,28-,29-,30-/m0/s1. The van der Waals surface area contributed by atoms with E-state index in [-0.39, 0.29) is 46.8 Å². The minimum Gasteiger partial charge on any atom is -0.474 e. The van der Waals surface area contributed by atoms with E-state index < -0.39 is 60.3 Å². The van der Waals surface area contributed by atoms with Crippen LogP contribution in [0.1, 0.15) is 110 Å². The SMILES string of the molecule is CC[C@H](C)[C@@H]1NC(=O)c2csc(n2)[C@@H](Cc2ccccc2)NC(=O)[C@H]2N=C(O[C@@H]2C)[C@H]([C@@H](C)CC)NC(=O)c2csc(n2)[C@@H](C)NC(=O)[C@H]2N=C1O[C@@H]2C. The quantitative estimate of drug-likeness (QED) is 0.281. The molecule has 10 atom stereocenters. The van der Waals surface area contributed by atoms with Gasteiger partial charge in [-0.25, -0.2) is 20.0 Å². The molecule has 0 aliphatic carbocycles. The highest BCUT2D eigenvalue weighted by Crippen LogP contribution is 2.28. The zero-order valence-corrected chi connectivity index (χ0v) is 33.1. The smallest absolute Gasteiger partial charge is 0.271 e. The molecule has 3 aliphatic rings. The molecule has 6 rings (SSSR count). The van der Waals surface area contributed by atoms with Gasteiger partial charge in [-0.2, -0.15) is 0 Å². The first-order chi connectivity index (χ1) is 25.9. The van der Waals surface area contributed by atoms with Crippen LogP contribution < -0.4 is 21.3 Å². The molecular formula is C38H48N8O6S2. The fourth-order valence-electron chi connectivity index (χ4n) is 6.51. The molecule has 0 spiro atoms. The predicted octanol–water partition coefficient (Wildman–Crippen LogP) is 4.55. The van der Waals surface area contributed by atoms with Crippen LogP contribution in [-0.2, 0) is 25.5 Å². The van der Waals surface area contributed by atoms with Crippen molar-refractivity contribution >= 4 is 58.1 Å². The van der Waals surface area contributed by atoms with Gasteiger partial charge in [-0.1, -0.05) is 70.9 Å². The Morgan fingerprint density at radius 2 is 1.17 bits per heavy atom. The molecule has 0 radical (unpaired) electrons. The highest BCUT2D eigenvalue weighted by Gasteiger charge is 2.41. The van der Waals surface area contributed by atoms with Gasteiger partial charge >= 0.3 is 0 Å². The molecular weight excluding hydrogens is 729 g/mol. The summed E-state index contributed by atoms with van der Waals surface area (Å²) >= 11 is 2.53. The maximum Gasteiger partial charge on any atom is 0.271 e. The minimum absolute atomic E-state index is 0.0803. The Labute approximate surface area is 323 Å². The molecule has 5 heterocycles. The summed E-state index contributed by atoms with van der Waals surface area (Å²) in [4.78, 5) is 73.7. The molecule has 3 aliphatic heterocycles. The highest BCUT2D eigenvalue weighted by molar-refractivity contribution is 7.10. The Hall–Kier alpha value is -4.70. The summed E-state index contributed by atoms with van der Waals surface area (Å²) in [5, 5.41) is 16.6. The Balaban J connectivity index is 1.38. The van der Waals surface area contributed by atoms with Gasteiger partial charge in [0.2, 0.25) is 23.6 Å². The normalized spacial score (nSPS) is 28.9. The number of thiazole rings is 2. The predicted molar refractivity (Wildman–Crippen MR) is 207 cm³/mol. The van der Waals surface area contributed by atoms with Crippen molar-refractivity contribution in [3.63, 3.8) is 0 Å². The molecule has 1 aromatic carbocycles. The summed E-state index contributed by atoms with van der Waals surface area (Å²) in [6, 6.07) is 5.62. The van der Waals surface area contributed by atoms with Crippen LogP contribution in [0.2, 0.25) is 0 Å². The summed E-state index contributed by atoms with van der Waals surface area (Å²) in [6.07, 6.45) is 0.630. The number of carbonyl (C=O) groups excluding carboxylic acids is 4. The van der Waals surface area contributed by atoms with Gasteiger partial charge in [0, 0.05) is 10.8 Å². The molecule has 3 aromatic rings. The lowest BCUT2D eigenvalue weighted by atomic mass is 9.98. The molecule has 0 unspecified atom stereocenters. The van der Waals surface area contributed by atoms with Gasteiger partial charge in [0.25, 0.3) is 11.8 Å². The number of amides is 4. The number of aliphatic imine (C=N–C) groups is 2. The summed E-state index contributed by atoms with van der Waals surface area (Å²) in [6.45, 7) is 13.3. The van der Waals surface area contributed by atoms with Crippen molar-refractivity contribution in [2.75, 3.05) is 0 Å². The van der Waals surface area contributed by atoms with Crippen LogP contribution in [-0.4, -0.2) is 81.8 Å². The number of hydrogen-bond donors (Lipinski definition) is 4. The maximum atomic E-state index is 14.0. The van der Waals surface area contributed by atoms with Gasteiger partial charge in [-0.05, 0) is 44.6 Å². The van der Waals surface area contributed by atoms with Crippen molar-refractivity contribution in [1.29, 1.82) is 0 Å². The number of aromatic nitrogens is 2. The first-order valence-electron chi connectivity index (χ1n) is 18.5. The van der Waals surface area contributed by atoms with Crippen molar-refractivity contribution in [2.45, 2.75) is 116 Å². The number of rotatable bonds is 6. The lowest BCUT2D eigenvalue weighted by Crippen LogP contribution is -2.45. The molecule has 0 saturated carbocycles. The van der Waals surface area contributed by atoms with Gasteiger partial charge < -0.3 is 30.7 Å². The van der Waals surface area contributed by atoms with Gasteiger partial charge in [-0.15, -0.1) is 22.7 Å². The summed E-state index contributed by atoms with van der Waals surface area (Å²) in [5.41, 5.74) is 1.35. The van der Waals surface area contributed by atoms with Crippen molar-refractivity contribution in [3.05, 3.63) is 68.1 Å². The number of hydrogen-bond acceptors (Lipinski definition) is 12.